The largest absolute Gasteiger partial charge is 0.487 e. The van der Waals surface area contributed by atoms with Gasteiger partial charge in [-0.05, 0) is 49.6 Å². The fourth-order valence-corrected chi connectivity index (χ4v) is 3.44. The summed E-state index contributed by atoms with van der Waals surface area (Å²) in [6, 6.07) is 16.7. The number of amides is 2. The minimum Gasteiger partial charge on any atom is -0.487 e. The number of carbonyl (C=O) groups is 2. The van der Waals surface area contributed by atoms with E-state index in [1.807, 2.05) is 51.1 Å². The zero-order chi connectivity index (χ0) is 19.8. The van der Waals surface area contributed by atoms with Crippen LogP contribution in [-0.4, -0.2) is 16.8 Å². The third-order valence-electron chi connectivity index (χ3n) is 5.07. The van der Waals surface area contributed by atoms with Crippen LogP contribution in [0.25, 0.3) is 0 Å². The molecule has 5 nitrogen and oxygen atoms in total. The number of nitrogens with zero attached hydrogens (tertiary/aromatic N) is 2. The van der Waals surface area contributed by atoms with E-state index in [0.717, 1.165) is 16.7 Å². The number of fused-ring (bicyclic) bond motifs is 1. The number of benzene rings is 2. The predicted molar refractivity (Wildman–Crippen MR) is 107 cm³/mol. The molecule has 0 spiro atoms. The summed E-state index contributed by atoms with van der Waals surface area (Å²) in [6.45, 7) is 6.03. The summed E-state index contributed by atoms with van der Waals surface area (Å²) < 4.78 is 6.02. The minimum absolute atomic E-state index is 0.340. The van der Waals surface area contributed by atoms with Crippen LogP contribution < -0.4 is 9.64 Å². The number of aryl methyl sites for hydroxylation is 1. The van der Waals surface area contributed by atoms with E-state index in [1.54, 1.807) is 24.3 Å². The molecule has 140 valence electrons. The van der Waals surface area contributed by atoms with Crippen molar-refractivity contribution < 1.29 is 14.3 Å². The van der Waals surface area contributed by atoms with Crippen molar-refractivity contribution in [3.8, 4) is 5.75 Å². The van der Waals surface area contributed by atoms with Crippen molar-refractivity contribution in [1.82, 2.24) is 4.98 Å². The molecule has 1 aliphatic heterocycles. The fraction of sp³-hybridized carbons (Fsp3) is 0.174. The lowest BCUT2D eigenvalue weighted by molar-refractivity contribution is 0.0924. The van der Waals surface area contributed by atoms with Gasteiger partial charge in [0, 0.05) is 0 Å². The highest BCUT2D eigenvalue weighted by atomic mass is 16.5. The first kappa shape index (κ1) is 17.9. The fourth-order valence-electron chi connectivity index (χ4n) is 3.44. The van der Waals surface area contributed by atoms with Crippen molar-refractivity contribution in [3.63, 3.8) is 0 Å². The van der Waals surface area contributed by atoms with Crippen LogP contribution in [0.15, 0.2) is 54.6 Å². The quantitative estimate of drug-likeness (QED) is 0.638. The SMILES string of the molecule is Cc1nc(N2C(=O)c3ccccc3C2=O)c(C)c(C)c1OCc1ccccc1. The van der Waals surface area contributed by atoms with Crippen molar-refractivity contribution >= 4 is 17.6 Å². The van der Waals surface area contributed by atoms with Gasteiger partial charge in [0.2, 0.25) is 0 Å². The van der Waals surface area contributed by atoms with E-state index in [0.29, 0.717) is 35.0 Å². The number of hydrogen-bond donors (Lipinski definition) is 0. The highest BCUT2D eigenvalue weighted by Crippen LogP contribution is 2.35. The normalized spacial score (nSPS) is 13.0. The molecule has 0 saturated carbocycles. The number of imide groups is 1. The number of ether oxygens (including phenoxy) is 1. The Bertz CT molecular complexity index is 1060. The van der Waals surface area contributed by atoms with Gasteiger partial charge in [0.25, 0.3) is 11.8 Å². The van der Waals surface area contributed by atoms with E-state index < -0.39 is 0 Å². The molecule has 0 saturated heterocycles. The van der Waals surface area contributed by atoms with Crippen LogP contribution in [0, 0.1) is 20.8 Å². The summed E-state index contributed by atoms with van der Waals surface area (Å²) in [5.41, 5.74) is 4.15. The van der Waals surface area contributed by atoms with Crippen LogP contribution >= 0.6 is 0 Å². The standard InChI is InChI=1S/C23H20N2O3/c1-14-15(2)21(25-22(26)18-11-7-8-12-19(18)23(25)27)24-16(3)20(14)28-13-17-9-5-4-6-10-17/h4-12H,13H2,1-3H3. The second-order valence-corrected chi connectivity index (χ2v) is 6.87. The lowest BCUT2D eigenvalue weighted by Gasteiger charge is -2.20. The third-order valence-corrected chi connectivity index (χ3v) is 5.07. The number of pyridine rings is 1. The Morgan fingerprint density at radius 2 is 1.39 bits per heavy atom. The number of rotatable bonds is 4. The second-order valence-electron chi connectivity index (χ2n) is 6.87. The molecule has 5 heteroatoms. The third kappa shape index (κ3) is 2.85. The molecule has 2 aromatic carbocycles. The molecule has 0 unspecified atom stereocenters. The number of aromatic nitrogens is 1. The first-order chi connectivity index (χ1) is 13.5. The van der Waals surface area contributed by atoms with Gasteiger partial charge >= 0.3 is 0 Å². The van der Waals surface area contributed by atoms with E-state index in [4.69, 9.17) is 4.74 Å². The summed E-state index contributed by atoms with van der Waals surface area (Å²) in [4.78, 5) is 31.4. The van der Waals surface area contributed by atoms with Gasteiger partial charge in [-0.3, -0.25) is 9.59 Å². The van der Waals surface area contributed by atoms with Crippen molar-refractivity contribution in [1.29, 1.82) is 0 Å². The van der Waals surface area contributed by atoms with E-state index in [-0.39, 0.29) is 11.8 Å². The summed E-state index contributed by atoms with van der Waals surface area (Å²) in [5, 5.41) is 0. The second kappa shape index (κ2) is 6.93. The number of anilines is 1. The zero-order valence-electron chi connectivity index (χ0n) is 16.0. The Morgan fingerprint density at radius 1 is 0.821 bits per heavy atom. The van der Waals surface area contributed by atoms with E-state index in [9.17, 15) is 9.59 Å². The molecule has 1 aliphatic rings. The number of carbonyl (C=O) groups excluding carboxylic acids is 2. The van der Waals surface area contributed by atoms with Crippen LogP contribution in [0.5, 0.6) is 5.75 Å². The molecule has 0 fully saturated rings. The molecule has 3 aromatic rings. The first-order valence-corrected chi connectivity index (χ1v) is 9.11. The summed E-state index contributed by atoms with van der Waals surface area (Å²) in [7, 11) is 0. The van der Waals surface area contributed by atoms with E-state index in [2.05, 4.69) is 4.98 Å². The van der Waals surface area contributed by atoms with Gasteiger partial charge in [0.15, 0.2) is 0 Å². The molecule has 2 amide bonds. The molecule has 0 bridgehead atoms. The highest BCUT2D eigenvalue weighted by Gasteiger charge is 2.38. The average Bonchev–Trinajstić information content (AvgIpc) is 2.96. The molecular weight excluding hydrogens is 352 g/mol. The van der Waals surface area contributed by atoms with Crippen LogP contribution in [0.1, 0.15) is 43.1 Å². The van der Waals surface area contributed by atoms with Gasteiger partial charge in [-0.25, -0.2) is 9.88 Å². The maximum Gasteiger partial charge on any atom is 0.267 e. The zero-order valence-corrected chi connectivity index (χ0v) is 16.0. The molecule has 0 N–H and O–H groups in total. The van der Waals surface area contributed by atoms with Gasteiger partial charge in [-0.2, -0.15) is 0 Å². The van der Waals surface area contributed by atoms with Crippen LogP contribution in [0.4, 0.5) is 5.82 Å². The molecule has 0 atom stereocenters. The summed E-state index contributed by atoms with van der Waals surface area (Å²) in [5.74, 6) is 0.371. The molecule has 0 aliphatic carbocycles. The average molecular weight is 372 g/mol. The summed E-state index contributed by atoms with van der Waals surface area (Å²) >= 11 is 0. The van der Waals surface area contributed by atoms with Gasteiger partial charge in [-0.15, -0.1) is 0 Å². The van der Waals surface area contributed by atoms with Gasteiger partial charge in [0.1, 0.15) is 18.2 Å². The minimum atomic E-state index is -0.340. The Balaban J connectivity index is 1.69. The topological polar surface area (TPSA) is 59.5 Å². The van der Waals surface area contributed by atoms with Gasteiger partial charge in [0.05, 0.1) is 16.8 Å². The van der Waals surface area contributed by atoms with Crippen molar-refractivity contribution in [2.75, 3.05) is 4.90 Å². The molecular formula is C23H20N2O3. The Labute approximate surface area is 163 Å². The van der Waals surface area contributed by atoms with E-state index >= 15 is 0 Å². The maximum absolute atomic E-state index is 12.8. The summed E-state index contributed by atoms with van der Waals surface area (Å²) in [6.07, 6.45) is 0. The maximum atomic E-state index is 12.8. The van der Waals surface area contributed by atoms with Crippen molar-refractivity contribution in [3.05, 3.63) is 88.1 Å². The Hall–Kier alpha value is -3.47. The Kier molecular flexibility index (Phi) is 4.43. The molecule has 0 radical (unpaired) electrons. The lowest BCUT2D eigenvalue weighted by Crippen LogP contribution is -2.31. The molecule has 4 rings (SSSR count). The first-order valence-electron chi connectivity index (χ1n) is 9.11. The smallest absolute Gasteiger partial charge is 0.267 e. The van der Waals surface area contributed by atoms with Gasteiger partial charge < -0.3 is 4.74 Å². The predicted octanol–water partition coefficient (Wildman–Crippen LogP) is 4.39. The Morgan fingerprint density at radius 3 is 2.00 bits per heavy atom. The number of hydrogen-bond acceptors (Lipinski definition) is 4. The van der Waals surface area contributed by atoms with Crippen molar-refractivity contribution in [2.24, 2.45) is 0 Å². The molecule has 2 heterocycles. The highest BCUT2D eigenvalue weighted by molar-refractivity contribution is 6.34. The van der Waals surface area contributed by atoms with Crippen LogP contribution in [0.3, 0.4) is 0 Å². The lowest BCUT2D eigenvalue weighted by atomic mass is 10.1. The molecule has 1 aromatic heterocycles. The van der Waals surface area contributed by atoms with Gasteiger partial charge in [-0.1, -0.05) is 42.5 Å². The van der Waals surface area contributed by atoms with Crippen LogP contribution in [-0.2, 0) is 6.61 Å². The van der Waals surface area contributed by atoms with Crippen molar-refractivity contribution in [2.45, 2.75) is 27.4 Å². The van der Waals surface area contributed by atoms with Crippen LogP contribution in [0.2, 0.25) is 0 Å². The molecule has 28 heavy (non-hydrogen) atoms. The van der Waals surface area contributed by atoms with E-state index in [1.165, 1.54) is 4.90 Å². The monoisotopic (exact) mass is 372 g/mol.